The molecule has 19 heavy (non-hydrogen) atoms. The minimum atomic E-state index is -0.454. The summed E-state index contributed by atoms with van der Waals surface area (Å²) in [6.45, 7) is -0.0703. The fraction of sp³-hybridized carbons (Fsp3) is 0.533. The van der Waals surface area contributed by atoms with Gasteiger partial charge < -0.3 is 15.8 Å². The molecule has 3 atom stereocenters. The van der Waals surface area contributed by atoms with Gasteiger partial charge in [-0.1, -0.05) is 6.42 Å². The SMILES string of the molecule is NC(=O)COc1ccc(NC2CC3CCC2C3)cc1. The quantitative estimate of drug-likeness (QED) is 0.852. The van der Waals surface area contributed by atoms with Gasteiger partial charge in [0.05, 0.1) is 0 Å². The van der Waals surface area contributed by atoms with Gasteiger partial charge in [0.25, 0.3) is 5.91 Å². The van der Waals surface area contributed by atoms with Crippen LogP contribution >= 0.6 is 0 Å². The Kier molecular flexibility index (Phi) is 3.32. The molecule has 0 aliphatic heterocycles. The van der Waals surface area contributed by atoms with E-state index in [-0.39, 0.29) is 6.61 Å². The number of anilines is 1. The molecule has 3 unspecified atom stereocenters. The highest BCUT2D eigenvalue weighted by molar-refractivity contribution is 5.75. The van der Waals surface area contributed by atoms with Gasteiger partial charge in [-0.15, -0.1) is 0 Å². The number of amides is 1. The van der Waals surface area contributed by atoms with E-state index in [1.165, 1.54) is 25.7 Å². The molecule has 0 heterocycles. The summed E-state index contributed by atoms with van der Waals surface area (Å²) in [5.41, 5.74) is 6.17. The van der Waals surface area contributed by atoms with Gasteiger partial charge in [0.15, 0.2) is 6.61 Å². The first-order valence-corrected chi connectivity index (χ1v) is 6.98. The van der Waals surface area contributed by atoms with E-state index >= 15 is 0 Å². The fourth-order valence-corrected chi connectivity index (χ4v) is 3.44. The molecule has 0 radical (unpaired) electrons. The summed E-state index contributed by atoms with van der Waals surface area (Å²) in [6, 6.07) is 8.39. The minimum Gasteiger partial charge on any atom is -0.484 e. The van der Waals surface area contributed by atoms with Gasteiger partial charge >= 0.3 is 0 Å². The van der Waals surface area contributed by atoms with E-state index in [0.29, 0.717) is 11.8 Å². The van der Waals surface area contributed by atoms with E-state index in [0.717, 1.165) is 17.5 Å². The van der Waals surface area contributed by atoms with E-state index in [2.05, 4.69) is 5.32 Å². The van der Waals surface area contributed by atoms with Crippen LogP contribution in [0.3, 0.4) is 0 Å². The predicted octanol–water partition coefficient (Wildman–Crippen LogP) is 2.15. The molecule has 2 aliphatic rings. The number of ether oxygens (including phenoxy) is 1. The van der Waals surface area contributed by atoms with Crippen molar-refractivity contribution in [1.29, 1.82) is 0 Å². The maximum atomic E-state index is 10.6. The zero-order valence-electron chi connectivity index (χ0n) is 11.0. The second kappa shape index (κ2) is 5.11. The van der Waals surface area contributed by atoms with Crippen LogP contribution < -0.4 is 15.8 Å². The first-order valence-electron chi connectivity index (χ1n) is 6.98. The standard InChI is InChI=1S/C15H20N2O2/c16-15(18)9-19-13-5-3-12(4-6-13)17-14-8-10-1-2-11(14)7-10/h3-6,10-11,14,17H,1-2,7-9H2,(H2,16,18). The maximum Gasteiger partial charge on any atom is 0.255 e. The van der Waals surface area contributed by atoms with Gasteiger partial charge in [0.2, 0.25) is 0 Å². The van der Waals surface area contributed by atoms with Crippen LogP contribution in [0.25, 0.3) is 0 Å². The first-order chi connectivity index (χ1) is 9.20. The molecule has 0 spiro atoms. The van der Waals surface area contributed by atoms with Crippen LogP contribution in [0.15, 0.2) is 24.3 Å². The van der Waals surface area contributed by atoms with Crippen molar-refractivity contribution in [3.8, 4) is 5.75 Å². The van der Waals surface area contributed by atoms with Crippen LogP contribution in [-0.2, 0) is 4.79 Å². The summed E-state index contributed by atoms with van der Waals surface area (Å²) in [6.07, 6.45) is 5.51. The lowest BCUT2D eigenvalue weighted by Gasteiger charge is -2.24. The van der Waals surface area contributed by atoms with E-state index in [1.54, 1.807) is 0 Å². The van der Waals surface area contributed by atoms with Crippen LogP contribution in [-0.4, -0.2) is 18.6 Å². The zero-order valence-corrected chi connectivity index (χ0v) is 11.0. The van der Waals surface area contributed by atoms with Gasteiger partial charge in [-0.25, -0.2) is 0 Å². The molecule has 4 nitrogen and oxygen atoms in total. The fourth-order valence-electron chi connectivity index (χ4n) is 3.44. The number of carbonyl (C=O) groups excluding carboxylic acids is 1. The van der Waals surface area contributed by atoms with Crippen molar-refractivity contribution in [2.24, 2.45) is 17.6 Å². The molecule has 2 bridgehead atoms. The molecule has 1 amide bonds. The zero-order chi connectivity index (χ0) is 13.2. The van der Waals surface area contributed by atoms with E-state index < -0.39 is 5.91 Å². The average molecular weight is 260 g/mol. The number of primary amides is 1. The normalized spacial score (nSPS) is 28.3. The second-order valence-electron chi connectivity index (χ2n) is 5.71. The van der Waals surface area contributed by atoms with Gasteiger partial charge in [0.1, 0.15) is 5.75 Å². The molecule has 3 N–H and O–H groups in total. The predicted molar refractivity (Wildman–Crippen MR) is 74.0 cm³/mol. The topological polar surface area (TPSA) is 64.4 Å². The maximum absolute atomic E-state index is 10.6. The molecule has 3 rings (SSSR count). The molecule has 2 saturated carbocycles. The third kappa shape index (κ3) is 2.83. The molecule has 2 fully saturated rings. The Morgan fingerprint density at radius 2 is 2.05 bits per heavy atom. The Morgan fingerprint density at radius 3 is 2.63 bits per heavy atom. The number of rotatable bonds is 5. The van der Waals surface area contributed by atoms with Crippen molar-refractivity contribution in [3.05, 3.63) is 24.3 Å². The number of hydrogen-bond donors (Lipinski definition) is 2. The number of nitrogens with one attached hydrogen (secondary N) is 1. The van der Waals surface area contributed by atoms with Crippen LogP contribution in [0.5, 0.6) is 5.75 Å². The number of carbonyl (C=O) groups is 1. The molecule has 4 heteroatoms. The molecule has 2 aliphatic carbocycles. The van der Waals surface area contributed by atoms with Crippen molar-refractivity contribution in [2.75, 3.05) is 11.9 Å². The highest BCUT2D eigenvalue weighted by atomic mass is 16.5. The summed E-state index contributed by atoms with van der Waals surface area (Å²) in [7, 11) is 0. The largest absolute Gasteiger partial charge is 0.484 e. The molecule has 1 aromatic carbocycles. The Balaban J connectivity index is 1.55. The van der Waals surface area contributed by atoms with E-state index in [9.17, 15) is 4.79 Å². The van der Waals surface area contributed by atoms with Gasteiger partial charge in [-0.2, -0.15) is 0 Å². The number of fused-ring (bicyclic) bond motifs is 2. The Bertz CT molecular complexity index is 458. The molecule has 1 aromatic rings. The van der Waals surface area contributed by atoms with Crippen molar-refractivity contribution in [2.45, 2.75) is 31.7 Å². The van der Waals surface area contributed by atoms with Gasteiger partial charge in [-0.05, 0) is 55.4 Å². The second-order valence-corrected chi connectivity index (χ2v) is 5.71. The lowest BCUT2D eigenvalue weighted by atomic mass is 9.95. The third-order valence-corrected chi connectivity index (χ3v) is 4.33. The first kappa shape index (κ1) is 12.3. The highest BCUT2D eigenvalue weighted by Crippen LogP contribution is 2.45. The van der Waals surface area contributed by atoms with Crippen LogP contribution in [0.1, 0.15) is 25.7 Å². The number of hydrogen-bond acceptors (Lipinski definition) is 3. The molecule has 102 valence electrons. The summed E-state index contributed by atoms with van der Waals surface area (Å²) in [5, 5.41) is 3.62. The van der Waals surface area contributed by atoms with Crippen molar-refractivity contribution < 1.29 is 9.53 Å². The summed E-state index contributed by atoms with van der Waals surface area (Å²) >= 11 is 0. The summed E-state index contributed by atoms with van der Waals surface area (Å²) < 4.78 is 5.24. The smallest absolute Gasteiger partial charge is 0.255 e. The van der Waals surface area contributed by atoms with Gasteiger partial charge in [0, 0.05) is 11.7 Å². The Labute approximate surface area is 113 Å². The highest BCUT2D eigenvalue weighted by Gasteiger charge is 2.39. The van der Waals surface area contributed by atoms with Gasteiger partial charge in [-0.3, -0.25) is 4.79 Å². The molecular formula is C15H20N2O2. The van der Waals surface area contributed by atoms with Crippen molar-refractivity contribution in [3.63, 3.8) is 0 Å². The van der Waals surface area contributed by atoms with Crippen LogP contribution in [0.2, 0.25) is 0 Å². The minimum absolute atomic E-state index is 0.0703. The Morgan fingerprint density at radius 1 is 1.26 bits per heavy atom. The summed E-state index contributed by atoms with van der Waals surface area (Å²) in [4.78, 5) is 10.6. The third-order valence-electron chi connectivity index (χ3n) is 4.33. The lowest BCUT2D eigenvalue weighted by Crippen LogP contribution is -2.25. The number of nitrogens with two attached hydrogens (primary N) is 1. The van der Waals surface area contributed by atoms with E-state index in [1.807, 2.05) is 24.3 Å². The lowest BCUT2D eigenvalue weighted by molar-refractivity contribution is -0.119. The van der Waals surface area contributed by atoms with Crippen molar-refractivity contribution >= 4 is 11.6 Å². The van der Waals surface area contributed by atoms with Crippen molar-refractivity contribution in [1.82, 2.24) is 0 Å². The molecular weight excluding hydrogens is 240 g/mol. The van der Waals surface area contributed by atoms with Crippen LogP contribution in [0, 0.1) is 11.8 Å². The number of benzene rings is 1. The van der Waals surface area contributed by atoms with E-state index in [4.69, 9.17) is 10.5 Å². The molecule has 0 saturated heterocycles. The van der Waals surface area contributed by atoms with Crippen LogP contribution in [0.4, 0.5) is 5.69 Å². The molecule has 0 aromatic heterocycles. The summed E-state index contributed by atoms with van der Waals surface area (Å²) in [5.74, 6) is 2.03. The Hall–Kier alpha value is -1.71. The monoisotopic (exact) mass is 260 g/mol. The average Bonchev–Trinajstić information content (AvgIpc) is 3.00.